The topological polar surface area (TPSA) is 105 Å². The maximum absolute atomic E-state index is 11.5. The van der Waals surface area contributed by atoms with Crippen molar-refractivity contribution in [1.82, 2.24) is 19.5 Å². The molecule has 0 spiro atoms. The second-order valence-corrected chi connectivity index (χ2v) is 5.73. The summed E-state index contributed by atoms with van der Waals surface area (Å²) in [4.78, 5) is 35.0. The molecule has 0 radical (unpaired) electrons. The first-order valence-electron chi connectivity index (χ1n) is 7.21. The lowest BCUT2D eigenvalue weighted by Crippen LogP contribution is -2.38. The Morgan fingerprint density at radius 1 is 1.17 bits per heavy atom. The molecular formula is C14H15ClN4O5. The van der Waals surface area contributed by atoms with Crippen LogP contribution in [0.4, 0.5) is 0 Å². The maximum atomic E-state index is 11.5. The predicted molar refractivity (Wildman–Crippen MR) is 81.0 cm³/mol. The first-order chi connectivity index (χ1) is 11.4. The van der Waals surface area contributed by atoms with E-state index in [4.69, 9.17) is 25.8 Å². The minimum Gasteiger partial charge on any atom is -0.456 e. The first kappa shape index (κ1) is 16.6. The Morgan fingerprint density at radius 3 is 2.50 bits per heavy atom. The van der Waals surface area contributed by atoms with E-state index in [2.05, 4.69) is 15.0 Å². The number of hydrogen-bond acceptors (Lipinski definition) is 8. The molecule has 1 aliphatic rings. The average molecular weight is 355 g/mol. The molecule has 3 rings (SSSR count). The van der Waals surface area contributed by atoms with Crippen LogP contribution in [0.5, 0.6) is 0 Å². The molecule has 0 amide bonds. The van der Waals surface area contributed by atoms with Gasteiger partial charge in [-0.1, -0.05) is 11.6 Å². The summed E-state index contributed by atoms with van der Waals surface area (Å²) in [5, 5.41) is 0.199. The highest BCUT2D eigenvalue weighted by atomic mass is 35.5. The van der Waals surface area contributed by atoms with E-state index in [0.717, 1.165) is 0 Å². The highest BCUT2D eigenvalue weighted by molar-refractivity contribution is 6.33. The molecule has 10 heteroatoms. The molecule has 1 fully saturated rings. The summed E-state index contributed by atoms with van der Waals surface area (Å²) in [6.45, 7) is 4.28. The number of rotatable bonds is 3. The van der Waals surface area contributed by atoms with Crippen molar-refractivity contribution < 1.29 is 23.8 Å². The van der Waals surface area contributed by atoms with Crippen LogP contribution >= 0.6 is 11.6 Å². The van der Waals surface area contributed by atoms with Gasteiger partial charge in [0.05, 0.1) is 12.4 Å². The van der Waals surface area contributed by atoms with Crippen LogP contribution in [0.3, 0.4) is 0 Å². The zero-order valence-corrected chi connectivity index (χ0v) is 13.9. The predicted octanol–water partition coefficient (Wildman–Crippen LogP) is 1.26. The highest BCUT2D eigenvalue weighted by Crippen LogP contribution is 2.35. The van der Waals surface area contributed by atoms with Crippen molar-refractivity contribution in [3.63, 3.8) is 0 Å². The number of nitrogens with zero attached hydrogens (tertiary/aromatic N) is 4. The first-order valence-corrected chi connectivity index (χ1v) is 7.59. The lowest BCUT2D eigenvalue weighted by Gasteiger charge is -2.23. The number of imidazole rings is 1. The monoisotopic (exact) mass is 354 g/mol. The van der Waals surface area contributed by atoms with Crippen molar-refractivity contribution in [1.29, 1.82) is 0 Å². The summed E-state index contributed by atoms with van der Waals surface area (Å²) in [7, 11) is 0. The third-order valence-corrected chi connectivity index (χ3v) is 3.89. The van der Waals surface area contributed by atoms with Gasteiger partial charge in [-0.25, -0.2) is 15.0 Å². The van der Waals surface area contributed by atoms with E-state index in [-0.39, 0.29) is 5.15 Å². The van der Waals surface area contributed by atoms with Crippen molar-refractivity contribution in [2.75, 3.05) is 0 Å². The smallest absolute Gasteiger partial charge is 0.303 e. The number of carbonyl (C=O) groups excluding carboxylic acids is 2. The van der Waals surface area contributed by atoms with E-state index in [1.165, 1.54) is 26.5 Å². The van der Waals surface area contributed by atoms with E-state index < -0.39 is 36.5 Å². The van der Waals surface area contributed by atoms with Crippen molar-refractivity contribution in [3.8, 4) is 0 Å². The van der Waals surface area contributed by atoms with Crippen molar-refractivity contribution >= 4 is 34.7 Å². The quantitative estimate of drug-likeness (QED) is 0.599. The third-order valence-electron chi connectivity index (χ3n) is 3.61. The fraction of sp³-hybridized carbons (Fsp3) is 0.500. The lowest BCUT2D eigenvalue weighted by atomic mass is 10.1. The van der Waals surface area contributed by atoms with E-state index in [9.17, 15) is 9.59 Å². The van der Waals surface area contributed by atoms with Gasteiger partial charge >= 0.3 is 11.9 Å². The van der Waals surface area contributed by atoms with Gasteiger partial charge in [-0.15, -0.1) is 0 Å². The van der Waals surface area contributed by atoms with Gasteiger partial charge in [0.25, 0.3) is 0 Å². The second-order valence-electron chi connectivity index (χ2n) is 5.37. The highest BCUT2D eigenvalue weighted by Gasteiger charge is 2.48. The summed E-state index contributed by atoms with van der Waals surface area (Å²) >= 11 is 6.00. The van der Waals surface area contributed by atoms with Gasteiger partial charge < -0.3 is 14.2 Å². The van der Waals surface area contributed by atoms with Gasteiger partial charge in [-0.2, -0.15) is 0 Å². The summed E-state index contributed by atoms with van der Waals surface area (Å²) in [6, 6.07) is 0. The molecule has 128 valence electrons. The zero-order chi connectivity index (χ0) is 17.4. The molecule has 1 aliphatic heterocycles. The summed E-state index contributed by atoms with van der Waals surface area (Å²) in [6.07, 6.45) is -0.0677. The Bertz CT molecular complexity index is 795. The molecule has 0 bridgehead atoms. The Kier molecular flexibility index (Phi) is 4.37. The summed E-state index contributed by atoms with van der Waals surface area (Å²) in [5.41, 5.74) is 0.820. The van der Waals surface area contributed by atoms with Crippen LogP contribution in [0, 0.1) is 0 Å². The van der Waals surface area contributed by atoms with Crippen LogP contribution < -0.4 is 0 Å². The van der Waals surface area contributed by atoms with E-state index in [0.29, 0.717) is 11.2 Å². The number of fused-ring (bicyclic) bond motifs is 1. The molecule has 0 N–H and O–H groups in total. The average Bonchev–Trinajstić information content (AvgIpc) is 3.03. The van der Waals surface area contributed by atoms with Crippen molar-refractivity contribution in [2.24, 2.45) is 0 Å². The fourth-order valence-electron chi connectivity index (χ4n) is 2.71. The van der Waals surface area contributed by atoms with Crippen molar-refractivity contribution in [3.05, 3.63) is 17.8 Å². The van der Waals surface area contributed by atoms with Crippen LogP contribution in [0.15, 0.2) is 12.7 Å². The molecule has 0 aliphatic carbocycles. The molecule has 4 atom stereocenters. The number of ether oxygens (including phenoxy) is 3. The minimum atomic E-state index is -0.840. The summed E-state index contributed by atoms with van der Waals surface area (Å²) in [5.74, 6) is -1.01. The molecule has 9 nitrogen and oxygen atoms in total. The molecule has 0 unspecified atom stereocenters. The SMILES string of the molecule is CC(=O)O[C@@H]1[C@H](OC(C)=O)[C@@H](C)O[C@H]1n1cnc2c(Cl)ncnc21. The van der Waals surface area contributed by atoms with Gasteiger partial charge in [0.15, 0.2) is 29.2 Å². The van der Waals surface area contributed by atoms with Gasteiger partial charge in [0.2, 0.25) is 0 Å². The zero-order valence-electron chi connectivity index (χ0n) is 13.2. The maximum Gasteiger partial charge on any atom is 0.303 e. The number of hydrogen-bond donors (Lipinski definition) is 0. The van der Waals surface area contributed by atoms with E-state index in [1.807, 2.05) is 0 Å². The Labute approximate surface area is 141 Å². The van der Waals surface area contributed by atoms with Crippen LogP contribution in [-0.4, -0.2) is 49.8 Å². The number of carbonyl (C=O) groups is 2. The minimum absolute atomic E-state index is 0.199. The van der Waals surface area contributed by atoms with Crippen LogP contribution in [0.1, 0.15) is 27.0 Å². The fourth-order valence-corrected chi connectivity index (χ4v) is 2.89. The Balaban J connectivity index is 2.02. The normalized spacial score (nSPS) is 26.5. The molecule has 2 aromatic heterocycles. The van der Waals surface area contributed by atoms with Crippen LogP contribution in [0.2, 0.25) is 5.15 Å². The van der Waals surface area contributed by atoms with Crippen LogP contribution in [0.25, 0.3) is 11.2 Å². The Hall–Kier alpha value is -2.26. The second kappa shape index (κ2) is 6.33. The number of halogens is 1. The molecular weight excluding hydrogens is 340 g/mol. The molecule has 0 aromatic carbocycles. The standard InChI is InChI=1S/C14H15ClN4O5/c1-6-10(23-7(2)20)11(24-8(3)21)14(22-6)19-5-18-9-12(15)16-4-17-13(9)19/h4-6,10-11,14H,1-3H3/t6-,10-,11-,14-/m1/s1. The molecule has 0 saturated carbocycles. The van der Waals surface area contributed by atoms with Gasteiger partial charge in [0, 0.05) is 13.8 Å². The van der Waals surface area contributed by atoms with Gasteiger partial charge in [-0.3, -0.25) is 14.2 Å². The van der Waals surface area contributed by atoms with E-state index in [1.54, 1.807) is 11.5 Å². The number of esters is 2. The van der Waals surface area contributed by atoms with Gasteiger partial charge in [-0.05, 0) is 6.92 Å². The largest absolute Gasteiger partial charge is 0.456 e. The third kappa shape index (κ3) is 2.92. The van der Waals surface area contributed by atoms with E-state index >= 15 is 0 Å². The van der Waals surface area contributed by atoms with Crippen LogP contribution in [-0.2, 0) is 23.8 Å². The summed E-state index contributed by atoms with van der Waals surface area (Å²) < 4.78 is 18.0. The molecule has 1 saturated heterocycles. The number of aromatic nitrogens is 4. The van der Waals surface area contributed by atoms with Crippen molar-refractivity contribution in [2.45, 2.75) is 45.3 Å². The molecule has 3 heterocycles. The molecule has 24 heavy (non-hydrogen) atoms. The Morgan fingerprint density at radius 2 is 1.83 bits per heavy atom. The van der Waals surface area contributed by atoms with Gasteiger partial charge in [0.1, 0.15) is 11.8 Å². The molecule has 2 aromatic rings. The lowest BCUT2D eigenvalue weighted by molar-refractivity contribution is -0.165.